The number of methoxy groups -OCH3 is 1. The molecule has 7 heteroatoms. The van der Waals surface area contributed by atoms with Crippen LogP contribution in [0.3, 0.4) is 0 Å². The molecule has 2 aliphatic rings. The molecular weight excluding hydrogens is 314 g/mol. The Labute approximate surface area is 137 Å². The average Bonchev–Trinajstić information content (AvgIpc) is 2.97. The fraction of sp³-hybridized carbons (Fsp3) is 0.471. The second kappa shape index (κ2) is 5.22. The number of benzene rings is 1. The summed E-state index contributed by atoms with van der Waals surface area (Å²) in [5, 5.41) is 11.4. The number of nitro groups is 1. The molecule has 1 aliphatic carbocycles. The highest BCUT2D eigenvalue weighted by Gasteiger charge is 2.43. The average molecular weight is 331 g/mol. The molecule has 0 bridgehead atoms. The molecule has 0 unspecified atom stereocenters. The van der Waals surface area contributed by atoms with Crippen LogP contribution in [0.1, 0.15) is 48.9 Å². The van der Waals surface area contributed by atoms with E-state index in [9.17, 15) is 14.9 Å². The van der Waals surface area contributed by atoms with Gasteiger partial charge in [-0.05, 0) is 25.7 Å². The summed E-state index contributed by atoms with van der Waals surface area (Å²) in [5.41, 5.74) is 0.189. The molecule has 0 saturated heterocycles. The summed E-state index contributed by atoms with van der Waals surface area (Å²) >= 11 is 0. The van der Waals surface area contributed by atoms with Crippen LogP contribution in [0, 0.1) is 10.1 Å². The topological polar surface area (TPSA) is 91.8 Å². The van der Waals surface area contributed by atoms with Gasteiger partial charge in [-0.3, -0.25) is 14.9 Å². The summed E-state index contributed by atoms with van der Waals surface area (Å²) in [5.74, 6) is 0.267. The van der Waals surface area contributed by atoms with Gasteiger partial charge in [-0.1, -0.05) is 6.42 Å². The monoisotopic (exact) mass is 331 g/mol. The van der Waals surface area contributed by atoms with Crippen LogP contribution in [0.5, 0.6) is 11.5 Å². The Bertz CT molecular complexity index is 846. The molecule has 0 atom stereocenters. The van der Waals surface area contributed by atoms with Gasteiger partial charge in [-0.25, -0.2) is 0 Å². The molecule has 1 aromatic carbocycles. The number of Topliss-reactive ketones (excluding diaryl/α,β-unsaturated/α-hetero) is 1. The molecule has 0 amide bonds. The quantitative estimate of drug-likeness (QED) is 0.609. The van der Waals surface area contributed by atoms with Crippen LogP contribution in [0.25, 0.3) is 11.0 Å². The maximum Gasteiger partial charge on any atom is 0.434 e. The second-order valence-electron chi connectivity index (χ2n) is 6.48. The highest BCUT2D eigenvalue weighted by atomic mass is 16.6. The van der Waals surface area contributed by atoms with Gasteiger partial charge in [0.1, 0.15) is 33.2 Å². The van der Waals surface area contributed by atoms with Crippen LogP contribution in [0.2, 0.25) is 0 Å². The summed E-state index contributed by atoms with van der Waals surface area (Å²) in [6, 6.07) is 2.86. The molecule has 0 radical (unpaired) electrons. The Kier molecular flexibility index (Phi) is 3.26. The van der Waals surface area contributed by atoms with E-state index in [1.165, 1.54) is 13.2 Å². The number of hydrogen-bond donors (Lipinski definition) is 0. The number of ether oxygens (including phenoxy) is 2. The fourth-order valence-electron chi connectivity index (χ4n) is 3.89. The van der Waals surface area contributed by atoms with Crippen LogP contribution < -0.4 is 9.47 Å². The summed E-state index contributed by atoms with van der Waals surface area (Å²) < 4.78 is 16.9. The van der Waals surface area contributed by atoms with Gasteiger partial charge in [0.2, 0.25) is 0 Å². The van der Waals surface area contributed by atoms with Crippen molar-refractivity contribution >= 4 is 22.6 Å². The zero-order chi connectivity index (χ0) is 16.9. The zero-order valence-corrected chi connectivity index (χ0v) is 13.3. The zero-order valence-electron chi connectivity index (χ0n) is 13.3. The van der Waals surface area contributed by atoms with Crippen LogP contribution in [-0.4, -0.2) is 23.4 Å². The second-order valence-corrected chi connectivity index (χ2v) is 6.48. The minimum atomic E-state index is -0.607. The molecule has 2 aromatic rings. The Morgan fingerprint density at radius 2 is 2.00 bits per heavy atom. The predicted molar refractivity (Wildman–Crippen MR) is 84.8 cm³/mol. The van der Waals surface area contributed by atoms with Gasteiger partial charge in [0, 0.05) is 6.07 Å². The van der Waals surface area contributed by atoms with Crippen LogP contribution in [0.4, 0.5) is 5.88 Å². The largest absolute Gasteiger partial charge is 0.495 e. The number of ketones is 1. The number of fused-ring (bicyclic) bond motifs is 2. The van der Waals surface area contributed by atoms with Gasteiger partial charge in [0.25, 0.3) is 0 Å². The standard InChI is InChI=1S/C17H17NO6/c1-22-16-10-7-14(18(20)21)23-12(10)8-13-15(16)11(19)9-17(24-13)5-3-2-4-6-17/h7-8H,2-6,9H2,1H3. The van der Waals surface area contributed by atoms with Crippen molar-refractivity contribution < 1.29 is 23.6 Å². The highest BCUT2D eigenvalue weighted by molar-refractivity contribution is 6.08. The van der Waals surface area contributed by atoms with E-state index in [4.69, 9.17) is 13.9 Å². The molecular formula is C17H17NO6. The lowest BCUT2D eigenvalue weighted by atomic mass is 9.78. The predicted octanol–water partition coefficient (Wildman–Crippen LogP) is 4.02. The van der Waals surface area contributed by atoms with Gasteiger partial charge in [0.15, 0.2) is 5.78 Å². The van der Waals surface area contributed by atoms with Crippen LogP contribution in [0.15, 0.2) is 16.5 Å². The lowest BCUT2D eigenvalue weighted by Gasteiger charge is -2.40. The van der Waals surface area contributed by atoms with Crippen molar-refractivity contribution in [3.63, 3.8) is 0 Å². The lowest BCUT2D eigenvalue weighted by molar-refractivity contribution is -0.401. The summed E-state index contributed by atoms with van der Waals surface area (Å²) in [7, 11) is 1.44. The van der Waals surface area contributed by atoms with E-state index in [1.54, 1.807) is 6.07 Å². The van der Waals surface area contributed by atoms with Crippen molar-refractivity contribution in [3.8, 4) is 11.5 Å². The Balaban J connectivity index is 1.89. The number of rotatable bonds is 2. The first-order valence-electron chi connectivity index (χ1n) is 8.04. The molecule has 0 N–H and O–H groups in total. The van der Waals surface area contributed by atoms with E-state index in [-0.39, 0.29) is 23.0 Å². The number of carbonyl (C=O) groups is 1. The van der Waals surface area contributed by atoms with Crippen molar-refractivity contribution in [3.05, 3.63) is 27.8 Å². The lowest BCUT2D eigenvalue weighted by Crippen LogP contribution is -2.43. The molecule has 1 aliphatic heterocycles. The molecule has 7 nitrogen and oxygen atoms in total. The van der Waals surface area contributed by atoms with Gasteiger partial charge in [0.05, 0.1) is 25.0 Å². The van der Waals surface area contributed by atoms with Crippen molar-refractivity contribution in [1.82, 2.24) is 0 Å². The van der Waals surface area contributed by atoms with E-state index in [1.807, 2.05) is 0 Å². The van der Waals surface area contributed by atoms with E-state index in [0.717, 1.165) is 32.1 Å². The molecule has 1 saturated carbocycles. The Hall–Kier alpha value is -2.57. The third kappa shape index (κ3) is 2.15. The first-order valence-corrected chi connectivity index (χ1v) is 8.04. The minimum absolute atomic E-state index is 0.0410. The van der Waals surface area contributed by atoms with Crippen LogP contribution in [-0.2, 0) is 0 Å². The number of furan rings is 1. The van der Waals surface area contributed by atoms with E-state index < -0.39 is 10.5 Å². The van der Waals surface area contributed by atoms with Crippen LogP contribution >= 0.6 is 0 Å². The smallest absolute Gasteiger partial charge is 0.434 e. The normalized spacial score (nSPS) is 19.1. The molecule has 24 heavy (non-hydrogen) atoms. The molecule has 1 fully saturated rings. The van der Waals surface area contributed by atoms with E-state index in [0.29, 0.717) is 23.1 Å². The molecule has 2 heterocycles. The molecule has 1 aromatic heterocycles. The number of hydrogen-bond acceptors (Lipinski definition) is 6. The van der Waals surface area contributed by atoms with Gasteiger partial charge in [-0.15, -0.1) is 0 Å². The van der Waals surface area contributed by atoms with Crippen molar-refractivity contribution in [2.75, 3.05) is 7.11 Å². The first kappa shape index (κ1) is 15.0. The Morgan fingerprint density at radius 1 is 1.25 bits per heavy atom. The third-order valence-corrected chi connectivity index (χ3v) is 4.96. The van der Waals surface area contributed by atoms with Gasteiger partial charge in [-0.2, -0.15) is 0 Å². The van der Waals surface area contributed by atoms with Crippen molar-refractivity contribution in [1.29, 1.82) is 0 Å². The summed E-state index contributed by atoms with van der Waals surface area (Å²) in [4.78, 5) is 23.2. The molecule has 126 valence electrons. The maximum absolute atomic E-state index is 12.8. The summed E-state index contributed by atoms with van der Waals surface area (Å²) in [6.07, 6.45) is 5.23. The molecule has 4 rings (SSSR count). The fourth-order valence-corrected chi connectivity index (χ4v) is 3.89. The number of nitrogens with zero attached hydrogens (tertiary/aromatic N) is 1. The highest BCUT2D eigenvalue weighted by Crippen LogP contribution is 2.48. The summed E-state index contributed by atoms with van der Waals surface area (Å²) in [6.45, 7) is 0. The van der Waals surface area contributed by atoms with Gasteiger partial charge < -0.3 is 13.9 Å². The SMILES string of the molecule is COc1c2c(cc3oc([N+](=O)[O-])cc13)OC1(CCCCC1)CC2=O. The van der Waals surface area contributed by atoms with Crippen molar-refractivity contribution in [2.45, 2.75) is 44.1 Å². The third-order valence-electron chi connectivity index (χ3n) is 4.96. The maximum atomic E-state index is 12.8. The first-order chi connectivity index (χ1) is 11.5. The Morgan fingerprint density at radius 3 is 2.67 bits per heavy atom. The van der Waals surface area contributed by atoms with E-state index >= 15 is 0 Å². The number of carbonyl (C=O) groups excluding carboxylic acids is 1. The molecule has 1 spiro atoms. The van der Waals surface area contributed by atoms with Gasteiger partial charge >= 0.3 is 5.88 Å². The minimum Gasteiger partial charge on any atom is -0.495 e. The van der Waals surface area contributed by atoms with E-state index in [2.05, 4.69) is 0 Å². The van der Waals surface area contributed by atoms with Crippen molar-refractivity contribution in [2.24, 2.45) is 0 Å².